The van der Waals surface area contributed by atoms with E-state index < -0.39 is 58.0 Å². The van der Waals surface area contributed by atoms with Crippen LogP contribution in [0.15, 0.2) is 53.3 Å². The molecule has 4 atom stereocenters. The average Bonchev–Trinajstić information content (AvgIpc) is 2.86. The predicted octanol–water partition coefficient (Wildman–Crippen LogP) is 1.25. The third-order valence-electron chi connectivity index (χ3n) is 8.15. The van der Waals surface area contributed by atoms with Gasteiger partial charge in [0.05, 0.1) is 11.6 Å². The topological polar surface area (TPSA) is 178 Å². The molecule has 3 aliphatic carbocycles. The number of ketones is 2. The Kier molecular flexibility index (Phi) is 6.04. The Labute approximate surface area is 224 Å². The summed E-state index contributed by atoms with van der Waals surface area (Å²) >= 11 is 0. The molecule has 2 aromatic rings. The molecule has 5 rings (SSSR count). The van der Waals surface area contributed by atoms with Crippen LogP contribution in [-0.4, -0.2) is 87.6 Å². The minimum atomic E-state index is -2.68. The summed E-state index contributed by atoms with van der Waals surface area (Å²) in [7, 11) is 6.80. The lowest BCUT2D eigenvalue weighted by atomic mass is 9.58. The molecular formula is C28H30N4O7. The van der Waals surface area contributed by atoms with Crippen LogP contribution in [-0.2, 0) is 16.0 Å². The summed E-state index contributed by atoms with van der Waals surface area (Å²) in [6, 6.07) is 4.17. The fourth-order valence-corrected chi connectivity index (χ4v) is 6.44. The second-order valence-corrected chi connectivity index (χ2v) is 10.7. The lowest BCUT2D eigenvalue weighted by Crippen LogP contribution is -2.63. The van der Waals surface area contributed by atoms with Crippen LogP contribution in [0.1, 0.15) is 22.3 Å². The first-order chi connectivity index (χ1) is 18.3. The molecule has 0 aliphatic heterocycles. The summed E-state index contributed by atoms with van der Waals surface area (Å²) in [6.45, 7) is 0. The van der Waals surface area contributed by atoms with Crippen LogP contribution in [0.25, 0.3) is 11.1 Å². The van der Waals surface area contributed by atoms with E-state index in [2.05, 4.69) is 4.98 Å². The Morgan fingerprint density at radius 1 is 1.15 bits per heavy atom. The van der Waals surface area contributed by atoms with E-state index in [-0.39, 0.29) is 29.7 Å². The lowest BCUT2D eigenvalue weighted by molar-refractivity contribution is -0.148. The van der Waals surface area contributed by atoms with Gasteiger partial charge in [-0.05, 0) is 50.6 Å². The minimum absolute atomic E-state index is 0.0315. The number of phenolic OH excluding ortho intramolecular Hbond substituents is 1. The average molecular weight is 535 g/mol. The number of fused-ring (bicyclic) bond motifs is 3. The van der Waals surface area contributed by atoms with Crippen molar-refractivity contribution in [2.45, 2.75) is 24.5 Å². The summed E-state index contributed by atoms with van der Waals surface area (Å²) in [4.78, 5) is 47.1. The van der Waals surface area contributed by atoms with E-state index in [1.807, 2.05) is 19.0 Å². The number of Topliss-reactive ketones (excluding diaryl/α,β-unsaturated/α-hetero) is 2. The zero-order valence-electron chi connectivity index (χ0n) is 22.0. The molecule has 0 fully saturated rings. The number of nitrogens with two attached hydrogens (primary N) is 1. The number of anilines is 1. The summed E-state index contributed by atoms with van der Waals surface area (Å²) in [5.74, 6) is -6.76. The van der Waals surface area contributed by atoms with Crippen molar-refractivity contribution in [1.29, 1.82) is 0 Å². The zero-order chi connectivity index (χ0) is 28.5. The van der Waals surface area contributed by atoms with Gasteiger partial charge in [0.25, 0.3) is 5.91 Å². The van der Waals surface area contributed by atoms with E-state index in [4.69, 9.17) is 5.73 Å². The third-order valence-corrected chi connectivity index (χ3v) is 8.15. The number of nitrogens with zero attached hydrogens (tertiary/aromatic N) is 3. The van der Waals surface area contributed by atoms with Gasteiger partial charge in [0.15, 0.2) is 11.4 Å². The molecule has 39 heavy (non-hydrogen) atoms. The normalized spacial score (nSPS) is 26.4. The molecular weight excluding hydrogens is 504 g/mol. The highest BCUT2D eigenvalue weighted by molar-refractivity contribution is 6.25. The molecule has 3 aliphatic rings. The van der Waals surface area contributed by atoms with Crippen molar-refractivity contribution < 1.29 is 34.8 Å². The number of aliphatic hydroxyl groups is 3. The first-order valence-electron chi connectivity index (χ1n) is 12.4. The number of primary amides is 1. The number of pyridine rings is 1. The first kappa shape index (κ1) is 26.4. The van der Waals surface area contributed by atoms with Crippen molar-refractivity contribution in [2.24, 2.45) is 17.6 Å². The van der Waals surface area contributed by atoms with E-state index in [0.29, 0.717) is 22.4 Å². The maximum absolute atomic E-state index is 14.1. The highest BCUT2D eigenvalue weighted by atomic mass is 16.3. The maximum Gasteiger partial charge on any atom is 0.255 e. The van der Waals surface area contributed by atoms with E-state index in [0.717, 1.165) is 0 Å². The Bertz CT molecular complexity index is 1490. The van der Waals surface area contributed by atoms with Crippen LogP contribution < -0.4 is 10.6 Å². The second kappa shape index (κ2) is 8.92. The van der Waals surface area contributed by atoms with E-state index >= 15 is 0 Å². The zero-order valence-corrected chi connectivity index (χ0v) is 22.0. The minimum Gasteiger partial charge on any atom is -0.510 e. The number of aliphatic hydroxyl groups excluding tert-OH is 2. The summed E-state index contributed by atoms with van der Waals surface area (Å²) in [6.07, 6.45) is 3.37. The van der Waals surface area contributed by atoms with Crippen LogP contribution in [0.2, 0.25) is 0 Å². The largest absolute Gasteiger partial charge is 0.510 e. The van der Waals surface area contributed by atoms with Gasteiger partial charge in [-0.3, -0.25) is 24.3 Å². The van der Waals surface area contributed by atoms with Crippen LogP contribution >= 0.6 is 0 Å². The highest BCUT2D eigenvalue weighted by Gasteiger charge is 2.63. The van der Waals surface area contributed by atoms with E-state index in [9.17, 15) is 34.8 Å². The van der Waals surface area contributed by atoms with Gasteiger partial charge >= 0.3 is 0 Å². The van der Waals surface area contributed by atoms with Gasteiger partial charge in [-0.2, -0.15) is 0 Å². The predicted molar refractivity (Wildman–Crippen MR) is 141 cm³/mol. The molecule has 204 valence electrons. The number of phenols is 1. The number of hydrogen-bond donors (Lipinski definition) is 5. The molecule has 0 bridgehead atoms. The summed E-state index contributed by atoms with van der Waals surface area (Å²) in [5.41, 5.74) is 3.80. The number of hydrogen-bond acceptors (Lipinski definition) is 10. The van der Waals surface area contributed by atoms with E-state index in [1.54, 1.807) is 44.7 Å². The number of benzene rings is 1. The number of allylic oxidation sites excluding steroid dienone is 1. The molecule has 1 heterocycles. The molecule has 0 spiro atoms. The lowest BCUT2D eigenvalue weighted by Gasteiger charge is -2.50. The van der Waals surface area contributed by atoms with Crippen molar-refractivity contribution in [1.82, 2.24) is 9.88 Å². The van der Waals surface area contributed by atoms with E-state index in [1.165, 1.54) is 4.90 Å². The Morgan fingerprint density at radius 3 is 2.41 bits per heavy atom. The van der Waals surface area contributed by atoms with Gasteiger partial charge in [0.2, 0.25) is 5.78 Å². The molecule has 0 unspecified atom stereocenters. The molecule has 0 saturated carbocycles. The molecule has 1 aromatic carbocycles. The number of rotatable bonds is 4. The van der Waals surface area contributed by atoms with Crippen LogP contribution in [0.5, 0.6) is 5.75 Å². The number of amides is 1. The highest BCUT2D eigenvalue weighted by Crippen LogP contribution is 2.54. The van der Waals surface area contributed by atoms with Crippen LogP contribution in [0, 0.1) is 11.8 Å². The number of likely N-dealkylation sites (N-methyl/N-ethyl adjacent to an activating group) is 1. The van der Waals surface area contributed by atoms with Crippen molar-refractivity contribution in [3.8, 4) is 16.9 Å². The van der Waals surface area contributed by atoms with Gasteiger partial charge in [-0.25, -0.2) is 0 Å². The third kappa shape index (κ3) is 3.57. The van der Waals surface area contributed by atoms with Crippen molar-refractivity contribution in [3.63, 3.8) is 0 Å². The van der Waals surface area contributed by atoms with Gasteiger partial charge in [0.1, 0.15) is 22.8 Å². The standard InChI is InChI=1S/C28H30N4O7/c1-31(2)17-10-14(12-6-5-7-30-11-12)22(33)19-15(17)8-13-9-16-21(32(3)4)24(35)20(27(29)38)26(37)28(16,39)25(36)18(13)23(19)34/h5-7,10-11,13,16,21,33,35-36,39H,8-9H2,1-4H3,(H2,29,38)/t13-,16-,21-,28-/m0/s1. The number of carbonyl (C=O) groups excluding carboxylic acids is 3. The molecule has 1 amide bonds. The van der Waals surface area contributed by atoms with Crippen molar-refractivity contribution in [3.05, 3.63) is 64.4 Å². The smallest absolute Gasteiger partial charge is 0.255 e. The van der Waals surface area contributed by atoms with Crippen LogP contribution in [0.4, 0.5) is 5.69 Å². The van der Waals surface area contributed by atoms with Crippen molar-refractivity contribution in [2.75, 3.05) is 33.1 Å². The molecule has 0 saturated heterocycles. The number of aromatic nitrogens is 1. The van der Waals surface area contributed by atoms with Gasteiger partial charge in [-0.15, -0.1) is 0 Å². The molecule has 11 nitrogen and oxygen atoms in total. The monoisotopic (exact) mass is 534 g/mol. The molecule has 0 radical (unpaired) electrons. The Morgan fingerprint density at radius 2 is 1.85 bits per heavy atom. The molecule has 1 aromatic heterocycles. The second-order valence-electron chi connectivity index (χ2n) is 10.7. The van der Waals surface area contributed by atoms with Gasteiger partial charge < -0.3 is 31.1 Å². The van der Waals surface area contributed by atoms with Gasteiger partial charge in [0, 0.05) is 54.8 Å². The molecule has 6 N–H and O–H groups in total. The Hall–Kier alpha value is -4.22. The Balaban J connectivity index is 1.76. The fourth-order valence-electron chi connectivity index (χ4n) is 6.44. The number of aromatic hydroxyl groups is 1. The summed E-state index contributed by atoms with van der Waals surface area (Å²) in [5, 5.41) is 45.5. The molecule has 11 heteroatoms. The SMILES string of the molecule is CN(C)c1cc(-c2cccnc2)c(O)c2c1C[C@H]1C[C@H]3[C@H](N(C)C)C(O)=C(C(N)=O)C(=O)[C@@]3(O)C(O)=C1C2=O. The van der Waals surface area contributed by atoms with Crippen LogP contribution in [0.3, 0.4) is 0 Å². The van der Waals surface area contributed by atoms with Gasteiger partial charge in [-0.1, -0.05) is 6.07 Å². The number of carbonyl (C=O) groups is 3. The quantitative estimate of drug-likeness (QED) is 0.359. The summed E-state index contributed by atoms with van der Waals surface area (Å²) < 4.78 is 0. The van der Waals surface area contributed by atoms with Crippen molar-refractivity contribution >= 4 is 23.2 Å². The first-order valence-corrected chi connectivity index (χ1v) is 12.4. The fraction of sp³-hybridized carbons (Fsp3) is 0.357. The maximum atomic E-state index is 14.1.